The van der Waals surface area contributed by atoms with Crippen LogP contribution in [0.4, 0.5) is 14.9 Å². The first-order valence-corrected chi connectivity index (χ1v) is 8.67. The number of nitrogens with zero attached hydrogens (tertiary/aromatic N) is 1. The molecule has 136 valence electrons. The Hall–Kier alpha value is -2.15. The number of hydrogen-bond acceptors (Lipinski definition) is 3. The predicted octanol–water partition coefficient (Wildman–Crippen LogP) is 2.22. The maximum Gasteiger partial charge on any atom is 0.322 e. The van der Waals surface area contributed by atoms with Crippen LogP contribution in [0.3, 0.4) is 0 Å². The van der Waals surface area contributed by atoms with Crippen molar-refractivity contribution in [1.29, 1.82) is 0 Å². The quantitative estimate of drug-likeness (QED) is 0.876. The lowest BCUT2D eigenvalue weighted by Crippen LogP contribution is -2.49. The van der Waals surface area contributed by atoms with Crippen molar-refractivity contribution in [2.24, 2.45) is 11.8 Å². The van der Waals surface area contributed by atoms with Crippen LogP contribution in [0.1, 0.15) is 20.3 Å². The number of rotatable bonds is 4. The highest BCUT2D eigenvalue weighted by atomic mass is 19.1. The van der Waals surface area contributed by atoms with Crippen molar-refractivity contribution in [3.63, 3.8) is 0 Å². The van der Waals surface area contributed by atoms with Gasteiger partial charge in [-0.3, -0.25) is 4.79 Å². The lowest BCUT2D eigenvalue weighted by Gasteiger charge is -2.32. The highest BCUT2D eigenvalue weighted by Gasteiger charge is 2.45. The van der Waals surface area contributed by atoms with Crippen LogP contribution in [0.2, 0.25) is 0 Å². The van der Waals surface area contributed by atoms with Crippen LogP contribution in [-0.4, -0.2) is 48.7 Å². The monoisotopic (exact) mass is 349 g/mol. The van der Waals surface area contributed by atoms with Gasteiger partial charge in [-0.05, 0) is 36.6 Å². The number of morpholine rings is 1. The molecule has 3 amide bonds. The van der Waals surface area contributed by atoms with Gasteiger partial charge in [0.25, 0.3) is 0 Å². The second kappa shape index (κ2) is 7.39. The van der Waals surface area contributed by atoms with E-state index in [1.54, 1.807) is 4.90 Å². The number of halogens is 1. The molecule has 2 N–H and O–H groups in total. The molecule has 25 heavy (non-hydrogen) atoms. The maximum absolute atomic E-state index is 12.9. The Balaban J connectivity index is 1.57. The van der Waals surface area contributed by atoms with Gasteiger partial charge in [0, 0.05) is 25.3 Å². The van der Waals surface area contributed by atoms with Gasteiger partial charge in [0.2, 0.25) is 5.91 Å². The molecule has 2 saturated heterocycles. The highest BCUT2D eigenvalue weighted by Crippen LogP contribution is 2.32. The topological polar surface area (TPSA) is 70.7 Å². The lowest BCUT2D eigenvalue weighted by atomic mass is 9.99. The van der Waals surface area contributed by atoms with Crippen molar-refractivity contribution in [2.45, 2.75) is 32.5 Å². The minimum atomic E-state index is -0.349. The van der Waals surface area contributed by atoms with Gasteiger partial charge in [-0.1, -0.05) is 13.8 Å². The maximum atomic E-state index is 12.9. The van der Waals surface area contributed by atoms with Gasteiger partial charge >= 0.3 is 6.03 Å². The van der Waals surface area contributed by atoms with E-state index in [1.165, 1.54) is 24.3 Å². The average Bonchev–Trinajstić information content (AvgIpc) is 2.88. The van der Waals surface area contributed by atoms with Crippen LogP contribution < -0.4 is 10.6 Å². The van der Waals surface area contributed by atoms with Gasteiger partial charge < -0.3 is 20.3 Å². The van der Waals surface area contributed by atoms with Gasteiger partial charge in [0.15, 0.2) is 0 Å². The van der Waals surface area contributed by atoms with E-state index in [1.807, 2.05) is 13.8 Å². The van der Waals surface area contributed by atoms with Crippen LogP contribution >= 0.6 is 0 Å². The third-order valence-corrected chi connectivity index (χ3v) is 4.56. The van der Waals surface area contributed by atoms with Gasteiger partial charge in [-0.2, -0.15) is 0 Å². The largest absolute Gasteiger partial charge is 0.370 e. The van der Waals surface area contributed by atoms with Crippen LogP contribution in [0.15, 0.2) is 24.3 Å². The molecule has 6 nitrogen and oxygen atoms in total. The molecule has 0 aliphatic carbocycles. The molecule has 0 aromatic heterocycles. The normalized spacial score (nSPS) is 25.1. The SMILES string of the molecule is CC(C)CNC(=O)[C@H]1C[C@H]2CN(C(=O)Nc3ccc(F)cc3)C[C@@H]1O2. The summed E-state index contributed by atoms with van der Waals surface area (Å²) in [7, 11) is 0. The molecular weight excluding hydrogens is 325 g/mol. The summed E-state index contributed by atoms with van der Waals surface area (Å²) in [6, 6.07) is 5.38. The second-order valence-corrected chi connectivity index (χ2v) is 7.12. The fourth-order valence-electron chi connectivity index (χ4n) is 3.27. The molecule has 3 rings (SSSR count). The first kappa shape index (κ1) is 17.7. The minimum Gasteiger partial charge on any atom is -0.370 e. The molecule has 2 bridgehead atoms. The van der Waals surface area contributed by atoms with Crippen LogP contribution in [0, 0.1) is 17.7 Å². The number of fused-ring (bicyclic) bond motifs is 2. The van der Waals surface area contributed by atoms with E-state index in [4.69, 9.17) is 4.74 Å². The zero-order valence-corrected chi connectivity index (χ0v) is 14.5. The summed E-state index contributed by atoms with van der Waals surface area (Å²) in [4.78, 5) is 26.4. The molecule has 2 aliphatic heterocycles. The summed E-state index contributed by atoms with van der Waals surface area (Å²) in [5.74, 6) is -0.171. The molecular formula is C18H24FN3O3. The Labute approximate surface area is 146 Å². The fraction of sp³-hybridized carbons (Fsp3) is 0.556. The molecule has 0 radical (unpaired) electrons. The van der Waals surface area contributed by atoms with Crippen molar-refractivity contribution in [3.05, 3.63) is 30.1 Å². The van der Waals surface area contributed by atoms with Crippen molar-refractivity contribution in [2.75, 3.05) is 25.0 Å². The molecule has 0 unspecified atom stereocenters. The zero-order valence-electron chi connectivity index (χ0n) is 14.5. The summed E-state index contributed by atoms with van der Waals surface area (Å²) in [5, 5.41) is 5.71. The molecule has 1 aromatic rings. The van der Waals surface area contributed by atoms with E-state index < -0.39 is 0 Å². The Morgan fingerprint density at radius 2 is 2.00 bits per heavy atom. The number of benzene rings is 1. The summed E-state index contributed by atoms with van der Waals surface area (Å²) in [5.41, 5.74) is 0.538. The Morgan fingerprint density at radius 1 is 1.28 bits per heavy atom. The van der Waals surface area contributed by atoms with Gasteiger partial charge in [-0.25, -0.2) is 9.18 Å². The van der Waals surface area contributed by atoms with Gasteiger partial charge in [-0.15, -0.1) is 0 Å². The third-order valence-electron chi connectivity index (χ3n) is 4.56. The van der Waals surface area contributed by atoms with E-state index in [0.717, 1.165) is 0 Å². The molecule has 0 spiro atoms. The summed E-state index contributed by atoms with van der Waals surface area (Å²) in [6.07, 6.45) is 0.243. The Morgan fingerprint density at radius 3 is 2.68 bits per heavy atom. The molecule has 2 heterocycles. The van der Waals surface area contributed by atoms with E-state index in [2.05, 4.69) is 10.6 Å². The molecule has 2 fully saturated rings. The van der Waals surface area contributed by atoms with Crippen molar-refractivity contribution >= 4 is 17.6 Å². The highest BCUT2D eigenvalue weighted by molar-refractivity contribution is 5.89. The minimum absolute atomic E-state index is 0.00185. The molecule has 3 atom stereocenters. The Kier molecular flexibility index (Phi) is 5.22. The van der Waals surface area contributed by atoms with Crippen LogP contribution in [0.5, 0.6) is 0 Å². The standard InChI is InChI=1S/C18H24FN3O3/c1-11(2)8-20-17(23)15-7-14-9-22(10-16(15)25-14)18(24)21-13-5-3-12(19)4-6-13/h3-6,11,14-16H,7-10H2,1-2H3,(H,20,23)(H,21,24)/t14-,15-,16-/m0/s1. The summed E-state index contributed by atoms with van der Waals surface area (Å²) in [6.45, 7) is 5.57. The molecule has 2 aliphatic rings. The first-order chi connectivity index (χ1) is 11.9. The number of likely N-dealkylation sites (tertiary alicyclic amines) is 1. The second-order valence-electron chi connectivity index (χ2n) is 7.12. The zero-order chi connectivity index (χ0) is 18.0. The molecule has 0 saturated carbocycles. The molecule has 1 aromatic carbocycles. The Bertz CT molecular complexity index is 635. The number of urea groups is 1. The lowest BCUT2D eigenvalue weighted by molar-refractivity contribution is -0.127. The van der Waals surface area contributed by atoms with Gasteiger partial charge in [0.05, 0.1) is 18.1 Å². The van der Waals surface area contributed by atoms with Crippen LogP contribution in [0.25, 0.3) is 0 Å². The molecule has 7 heteroatoms. The number of nitrogens with one attached hydrogen (secondary N) is 2. The predicted molar refractivity (Wildman–Crippen MR) is 91.6 cm³/mol. The van der Waals surface area contributed by atoms with E-state index >= 15 is 0 Å². The average molecular weight is 349 g/mol. The number of hydrogen-bond donors (Lipinski definition) is 2. The summed E-state index contributed by atoms with van der Waals surface area (Å²) < 4.78 is 18.8. The van der Waals surface area contributed by atoms with E-state index in [9.17, 15) is 14.0 Å². The van der Waals surface area contributed by atoms with E-state index in [0.29, 0.717) is 37.7 Å². The summed E-state index contributed by atoms with van der Waals surface area (Å²) >= 11 is 0. The third kappa shape index (κ3) is 4.28. The van der Waals surface area contributed by atoms with Crippen molar-refractivity contribution < 1.29 is 18.7 Å². The van der Waals surface area contributed by atoms with Crippen LogP contribution in [-0.2, 0) is 9.53 Å². The van der Waals surface area contributed by atoms with E-state index in [-0.39, 0.29) is 35.9 Å². The fourth-order valence-corrected chi connectivity index (χ4v) is 3.27. The first-order valence-electron chi connectivity index (χ1n) is 8.67. The number of anilines is 1. The number of carbonyl (C=O) groups is 2. The van der Waals surface area contributed by atoms with Crippen molar-refractivity contribution in [3.8, 4) is 0 Å². The number of carbonyl (C=O) groups excluding carboxylic acids is 2. The van der Waals surface area contributed by atoms with Crippen molar-refractivity contribution in [1.82, 2.24) is 10.2 Å². The number of ether oxygens (including phenoxy) is 1. The van der Waals surface area contributed by atoms with Gasteiger partial charge in [0.1, 0.15) is 5.82 Å². The smallest absolute Gasteiger partial charge is 0.322 e. The number of amides is 3.